The van der Waals surface area contributed by atoms with Crippen LogP contribution >= 0.6 is 15.9 Å². The van der Waals surface area contributed by atoms with Crippen LogP contribution < -0.4 is 11.1 Å². The SMILES string of the molecule is NC1(C(=O)Nc2ccc(Br)cc2)CCOC1. The Bertz CT molecular complexity index is 385. The van der Waals surface area contributed by atoms with E-state index < -0.39 is 5.54 Å². The highest BCUT2D eigenvalue weighted by Crippen LogP contribution is 2.19. The molecule has 0 aliphatic carbocycles. The maximum Gasteiger partial charge on any atom is 0.246 e. The van der Waals surface area contributed by atoms with Gasteiger partial charge in [0, 0.05) is 16.8 Å². The van der Waals surface area contributed by atoms with Crippen LogP contribution in [-0.2, 0) is 9.53 Å². The Morgan fingerprint density at radius 3 is 2.69 bits per heavy atom. The minimum atomic E-state index is -0.882. The molecule has 1 heterocycles. The molecule has 1 aliphatic heterocycles. The summed E-state index contributed by atoms with van der Waals surface area (Å²) >= 11 is 3.33. The maximum atomic E-state index is 11.9. The van der Waals surface area contributed by atoms with Gasteiger partial charge in [0.25, 0.3) is 0 Å². The van der Waals surface area contributed by atoms with Gasteiger partial charge in [-0.25, -0.2) is 0 Å². The summed E-state index contributed by atoms with van der Waals surface area (Å²) in [5.41, 5.74) is 5.79. The van der Waals surface area contributed by atoms with Gasteiger partial charge in [-0.3, -0.25) is 4.79 Å². The van der Waals surface area contributed by atoms with Crippen LogP contribution in [0.1, 0.15) is 6.42 Å². The number of anilines is 1. The van der Waals surface area contributed by atoms with E-state index in [4.69, 9.17) is 10.5 Å². The molecule has 1 unspecified atom stereocenters. The molecule has 1 amide bonds. The summed E-state index contributed by atoms with van der Waals surface area (Å²) in [4.78, 5) is 11.9. The number of hydrogen-bond acceptors (Lipinski definition) is 3. The van der Waals surface area contributed by atoms with Crippen molar-refractivity contribution in [2.24, 2.45) is 5.73 Å². The van der Waals surface area contributed by atoms with Crippen molar-refractivity contribution in [2.75, 3.05) is 18.5 Å². The lowest BCUT2D eigenvalue weighted by Crippen LogP contribution is -2.51. The summed E-state index contributed by atoms with van der Waals surface area (Å²) < 4.78 is 6.11. The highest BCUT2D eigenvalue weighted by molar-refractivity contribution is 9.10. The monoisotopic (exact) mass is 284 g/mol. The molecule has 86 valence electrons. The number of ether oxygens (including phenoxy) is 1. The Balaban J connectivity index is 2.04. The molecule has 2 rings (SSSR count). The Morgan fingerprint density at radius 2 is 2.12 bits per heavy atom. The number of carbonyl (C=O) groups excluding carboxylic acids is 1. The molecule has 1 atom stereocenters. The van der Waals surface area contributed by atoms with Crippen molar-refractivity contribution >= 4 is 27.5 Å². The van der Waals surface area contributed by atoms with E-state index in [1.807, 2.05) is 24.3 Å². The van der Waals surface area contributed by atoms with E-state index in [0.29, 0.717) is 13.0 Å². The van der Waals surface area contributed by atoms with E-state index in [-0.39, 0.29) is 12.5 Å². The summed E-state index contributed by atoms with van der Waals surface area (Å²) in [6.07, 6.45) is 0.565. The molecule has 0 bridgehead atoms. The van der Waals surface area contributed by atoms with Crippen LogP contribution in [0.4, 0.5) is 5.69 Å². The summed E-state index contributed by atoms with van der Waals surface area (Å²) in [5.74, 6) is -0.188. The molecule has 0 aromatic heterocycles. The highest BCUT2D eigenvalue weighted by Gasteiger charge is 2.38. The Morgan fingerprint density at radius 1 is 1.44 bits per heavy atom. The fourth-order valence-corrected chi connectivity index (χ4v) is 1.81. The second kappa shape index (κ2) is 4.53. The van der Waals surface area contributed by atoms with Gasteiger partial charge in [-0.2, -0.15) is 0 Å². The van der Waals surface area contributed by atoms with Crippen LogP contribution in [0.5, 0.6) is 0 Å². The molecule has 3 N–H and O–H groups in total. The van der Waals surface area contributed by atoms with Crippen molar-refractivity contribution in [1.82, 2.24) is 0 Å². The van der Waals surface area contributed by atoms with E-state index in [9.17, 15) is 4.79 Å². The number of nitrogens with two attached hydrogens (primary N) is 1. The smallest absolute Gasteiger partial charge is 0.246 e. The van der Waals surface area contributed by atoms with E-state index in [2.05, 4.69) is 21.2 Å². The molecule has 1 aliphatic rings. The van der Waals surface area contributed by atoms with Crippen molar-refractivity contribution < 1.29 is 9.53 Å². The normalized spacial score (nSPS) is 24.4. The molecule has 16 heavy (non-hydrogen) atoms. The molecular formula is C11H13BrN2O2. The number of benzene rings is 1. The van der Waals surface area contributed by atoms with Gasteiger partial charge in [-0.05, 0) is 30.7 Å². The Kier molecular flexibility index (Phi) is 3.28. The van der Waals surface area contributed by atoms with Gasteiger partial charge in [0.2, 0.25) is 5.91 Å². The zero-order valence-corrected chi connectivity index (χ0v) is 10.3. The lowest BCUT2D eigenvalue weighted by atomic mass is 9.99. The third-order valence-electron chi connectivity index (χ3n) is 2.61. The summed E-state index contributed by atoms with van der Waals surface area (Å²) in [6, 6.07) is 7.37. The molecule has 1 saturated heterocycles. The average Bonchev–Trinajstić information content (AvgIpc) is 2.70. The third kappa shape index (κ3) is 2.42. The van der Waals surface area contributed by atoms with Crippen molar-refractivity contribution in [3.63, 3.8) is 0 Å². The topological polar surface area (TPSA) is 64.4 Å². The van der Waals surface area contributed by atoms with Crippen LogP contribution in [0.2, 0.25) is 0 Å². The number of carbonyl (C=O) groups is 1. The first-order valence-corrected chi connectivity index (χ1v) is 5.83. The predicted molar refractivity (Wildman–Crippen MR) is 65.1 cm³/mol. The van der Waals surface area contributed by atoms with Crippen molar-refractivity contribution in [2.45, 2.75) is 12.0 Å². The van der Waals surface area contributed by atoms with E-state index in [1.165, 1.54) is 0 Å². The Hall–Kier alpha value is -0.910. The number of amides is 1. The quantitative estimate of drug-likeness (QED) is 0.865. The fourth-order valence-electron chi connectivity index (χ4n) is 1.55. The van der Waals surface area contributed by atoms with Gasteiger partial charge in [-0.1, -0.05) is 15.9 Å². The minimum absolute atomic E-state index is 0.188. The summed E-state index contributed by atoms with van der Waals surface area (Å²) in [7, 11) is 0. The van der Waals surface area contributed by atoms with Crippen LogP contribution in [0.3, 0.4) is 0 Å². The summed E-state index contributed by atoms with van der Waals surface area (Å²) in [5, 5.41) is 2.79. The van der Waals surface area contributed by atoms with Gasteiger partial charge in [-0.15, -0.1) is 0 Å². The average molecular weight is 285 g/mol. The zero-order valence-electron chi connectivity index (χ0n) is 8.70. The van der Waals surface area contributed by atoms with Crippen LogP contribution in [0.25, 0.3) is 0 Å². The van der Waals surface area contributed by atoms with Crippen molar-refractivity contribution in [1.29, 1.82) is 0 Å². The first-order valence-electron chi connectivity index (χ1n) is 5.04. The standard InChI is InChI=1S/C11H13BrN2O2/c12-8-1-3-9(4-2-8)14-10(15)11(13)5-6-16-7-11/h1-4H,5-7,13H2,(H,14,15). The minimum Gasteiger partial charge on any atom is -0.379 e. The number of rotatable bonds is 2. The van der Waals surface area contributed by atoms with Gasteiger partial charge < -0.3 is 15.8 Å². The molecule has 0 spiro atoms. The number of nitrogens with one attached hydrogen (secondary N) is 1. The fraction of sp³-hybridized carbons (Fsp3) is 0.364. The predicted octanol–water partition coefficient (Wildman–Crippen LogP) is 1.51. The molecule has 1 aromatic carbocycles. The highest BCUT2D eigenvalue weighted by atomic mass is 79.9. The summed E-state index contributed by atoms with van der Waals surface area (Å²) in [6.45, 7) is 0.833. The van der Waals surface area contributed by atoms with Gasteiger partial charge in [0.1, 0.15) is 5.54 Å². The van der Waals surface area contributed by atoms with Gasteiger partial charge in [0.15, 0.2) is 0 Å². The first kappa shape index (κ1) is 11.6. The molecular weight excluding hydrogens is 272 g/mol. The zero-order chi connectivity index (χ0) is 11.6. The van der Waals surface area contributed by atoms with Gasteiger partial charge in [0.05, 0.1) is 6.61 Å². The van der Waals surface area contributed by atoms with E-state index in [1.54, 1.807) is 0 Å². The Labute approximate surface area is 102 Å². The number of hydrogen-bond donors (Lipinski definition) is 2. The number of halogens is 1. The van der Waals surface area contributed by atoms with E-state index >= 15 is 0 Å². The van der Waals surface area contributed by atoms with Crippen LogP contribution in [0, 0.1) is 0 Å². The lowest BCUT2D eigenvalue weighted by molar-refractivity contribution is -0.121. The van der Waals surface area contributed by atoms with Crippen molar-refractivity contribution in [3.05, 3.63) is 28.7 Å². The third-order valence-corrected chi connectivity index (χ3v) is 3.14. The maximum absolute atomic E-state index is 11.9. The molecule has 0 saturated carbocycles. The molecule has 1 fully saturated rings. The molecule has 0 radical (unpaired) electrons. The van der Waals surface area contributed by atoms with Crippen LogP contribution in [0.15, 0.2) is 28.7 Å². The van der Waals surface area contributed by atoms with Crippen molar-refractivity contribution in [3.8, 4) is 0 Å². The second-order valence-electron chi connectivity index (χ2n) is 3.92. The van der Waals surface area contributed by atoms with Gasteiger partial charge >= 0.3 is 0 Å². The molecule has 5 heteroatoms. The van der Waals surface area contributed by atoms with Crippen LogP contribution in [-0.4, -0.2) is 24.7 Å². The van der Waals surface area contributed by atoms with E-state index in [0.717, 1.165) is 10.2 Å². The first-order chi connectivity index (χ1) is 7.60. The molecule has 1 aromatic rings. The second-order valence-corrected chi connectivity index (χ2v) is 4.84. The molecule has 4 nitrogen and oxygen atoms in total. The lowest BCUT2D eigenvalue weighted by Gasteiger charge is -2.20. The largest absolute Gasteiger partial charge is 0.379 e.